The van der Waals surface area contributed by atoms with Gasteiger partial charge in [0.1, 0.15) is 5.82 Å². The Bertz CT molecular complexity index is 1260. The van der Waals surface area contributed by atoms with Gasteiger partial charge in [-0.15, -0.1) is 0 Å². The summed E-state index contributed by atoms with van der Waals surface area (Å²) in [5, 5.41) is 0. The van der Waals surface area contributed by atoms with E-state index in [1.807, 2.05) is 12.1 Å². The molecular weight excluding hydrogens is 486 g/mol. The molecule has 0 bridgehead atoms. The smallest absolute Gasteiger partial charge is 0.256 e. The molecule has 1 aliphatic carbocycles. The van der Waals surface area contributed by atoms with Crippen LogP contribution in [0.15, 0.2) is 36.4 Å². The van der Waals surface area contributed by atoms with Crippen molar-refractivity contribution in [2.45, 2.75) is 69.5 Å². The van der Waals surface area contributed by atoms with E-state index < -0.39 is 13.0 Å². The Hall–Kier alpha value is -2.71. The monoisotopic (exact) mass is 524 g/mol. The van der Waals surface area contributed by atoms with Crippen molar-refractivity contribution in [1.29, 1.82) is 0 Å². The van der Waals surface area contributed by atoms with E-state index in [0.29, 0.717) is 29.3 Å². The number of imidazole rings is 1. The number of ether oxygens (including phenoxy) is 2. The van der Waals surface area contributed by atoms with Crippen molar-refractivity contribution in [1.82, 2.24) is 19.4 Å². The quantitative estimate of drug-likeness (QED) is 0.373. The molecule has 0 radical (unpaired) electrons. The molecule has 0 atom stereocenters. The van der Waals surface area contributed by atoms with Crippen molar-refractivity contribution in [2.75, 3.05) is 40.4 Å². The van der Waals surface area contributed by atoms with Gasteiger partial charge in [0, 0.05) is 17.6 Å². The summed E-state index contributed by atoms with van der Waals surface area (Å²) in [5.41, 5.74) is 3.46. The number of nitrogens with zero attached hydrogens (tertiary/aromatic N) is 4. The molecule has 0 amide bonds. The van der Waals surface area contributed by atoms with Crippen LogP contribution in [0.2, 0.25) is 0 Å². The Balaban J connectivity index is 1.21. The number of benzene rings is 2. The fourth-order valence-electron chi connectivity index (χ4n) is 6.57. The van der Waals surface area contributed by atoms with E-state index in [9.17, 15) is 8.78 Å². The number of halogens is 2. The van der Waals surface area contributed by atoms with Crippen molar-refractivity contribution in [3.63, 3.8) is 0 Å². The van der Waals surface area contributed by atoms with Crippen LogP contribution in [-0.4, -0.2) is 78.3 Å². The van der Waals surface area contributed by atoms with Crippen LogP contribution in [0.25, 0.3) is 22.4 Å². The Morgan fingerprint density at radius 2 is 1.47 bits per heavy atom. The van der Waals surface area contributed by atoms with Gasteiger partial charge in [0.2, 0.25) is 0 Å². The number of alkyl halides is 2. The summed E-state index contributed by atoms with van der Waals surface area (Å²) in [7, 11) is 3.14. The van der Waals surface area contributed by atoms with Gasteiger partial charge in [-0.1, -0.05) is 6.07 Å². The molecule has 8 heteroatoms. The van der Waals surface area contributed by atoms with E-state index in [0.717, 1.165) is 48.6 Å². The third-order valence-corrected chi connectivity index (χ3v) is 8.81. The predicted octanol–water partition coefficient (Wildman–Crippen LogP) is 5.79. The van der Waals surface area contributed by atoms with Gasteiger partial charge in [-0.05, 0) is 107 Å². The van der Waals surface area contributed by atoms with Crippen LogP contribution in [0.4, 0.5) is 8.78 Å². The van der Waals surface area contributed by atoms with Crippen LogP contribution < -0.4 is 9.47 Å². The van der Waals surface area contributed by atoms with Gasteiger partial charge < -0.3 is 23.8 Å². The number of hydrogen-bond donors (Lipinski definition) is 0. The number of likely N-dealkylation sites (tertiary alicyclic amines) is 2. The highest BCUT2D eigenvalue weighted by molar-refractivity contribution is 5.82. The average Bonchev–Trinajstić information content (AvgIpc) is 3.75. The summed E-state index contributed by atoms with van der Waals surface area (Å²) < 4.78 is 39.9. The van der Waals surface area contributed by atoms with E-state index in [1.54, 1.807) is 30.9 Å². The standard InChI is InChI=1S/C30H38F2N4O2/c1-37-27-8-4-22(18-28(27)38-2)30-33-25-7-3-21(17-26(25)36(30)19-29(31)32)20-9-13-34(14-10-20)24-11-15-35(16-12-24)23-5-6-23/h3-4,7-8,17-18,20,23-24,29H,5-6,9-16,19H2,1-2H3. The molecule has 3 aromatic rings. The number of fused-ring (bicyclic) bond motifs is 1. The van der Waals surface area contributed by atoms with Gasteiger partial charge >= 0.3 is 0 Å². The lowest BCUT2D eigenvalue weighted by molar-refractivity contribution is 0.0844. The number of hydrogen-bond acceptors (Lipinski definition) is 5. The Morgan fingerprint density at radius 1 is 0.816 bits per heavy atom. The number of piperidine rings is 2. The lowest BCUT2D eigenvalue weighted by Crippen LogP contribution is -2.47. The highest BCUT2D eigenvalue weighted by Crippen LogP contribution is 2.37. The Morgan fingerprint density at radius 3 is 2.11 bits per heavy atom. The fraction of sp³-hybridized carbons (Fsp3) is 0.567. The minimum atomic E-state index is -2.48. The second kappa shape index (κ2) is 10.8. The maximum atomic E-state index is 13.7. The molecule has 204 valence electrons. The molecule has 3 fully saturated rings. The van der Waals surface area contributed by atoms with Crippen molar-refractivity contribution >= 4 is 11.0 Å². The third kappa shape index (κ3) is 5.13. The van der Waals surface area contributed by atoms with E-state index in [2.05, 4.69) is 21.9 Å². The molecule has 3 aliphatic rings. The first kappa shape index (κ1) is 25.6. The molecule has 3 heterocycles. The molecule has 6 rings (SSSR count). The second-order valence-corrected chi connectivity index (χ2v) is 11.1. The van der Waals surface area contributed by atoms with Gasteiger partial charge in [-0.25, -0.2) is 13.8 Å². The molecule has 2 aromatic carbocycles. The zero-order chi connectivity index (χ0) is 26.2. The molecule has 0 N–H and O–H groups in total. The molecule has 2 aliphatic heterocycles. The van der Waals surface area contributed by atoms with Gasteiger partial charge in [0.15, 0.2) is 11.5 Å². The first-order valence-corrected chi connectivity index (χ1v) is 14.0. The highest BCUT2D eigenvalue weighted by atomic mass is 19.3. The largest absolute Gasteiger partial charge is 0.493 e. The topological polar surface area (TPSA) is 42.8 Å². The maximum Gasteiger partial charge on any atom is 0.256 e. The lowest BCUT2D eigenvalue weighted by atomic mass is 9.87. The van der Waals surface area contributed by atoms with Crippen LogP contribution in [0.5, 0.6) is 11.5 Å². The number of aromatic nitrogens is 2. The number of methoxy groups -OCH3 is 2. The molecule has 0 unspecified atom stereocenters. The van der Waals surface area contributed by atoms with Crippen molar-refractivity contribution in [3.8, 4) is 22.9 Å². The summed E-state index contributed by atoms with van der Waals surface area (Å²) in [6, 6.07) is 13.3. The lowest BCUT2D eigenvalue weighted by Gasteiger charge is -2.42. The summed E-state index contributed by atoms with van der Waals surface area (Å²) in [6.45, 7) is 4.33. The normalized spacial score (nSPS) is 20.4. The zero-order valence-corrected chi connectivity index (χ0v) is 22.4. The minimum Gasteiger partial charge on any atom is -0.493 e. The van der Waals surface area contributed by atoms with Crippen molar-refractivity contribution in [3.05, 3.63) is 42.0 Å². The van der Waals surface area contributed by atoms with E-state index in [1.165, 1.54) is 44.3 Å². The molecule has 2 saturated heterocycles. The minimum absolute atomic E-state index is 0.401. The molecule has 6 nitrogen and oxygen atoms in total. The SMILES string of the molecule is COc1ccc(-c2nc3ccc(C4CCN(C5CCN(C6CC6)CC5)CC4)cc3n2CC(F)F)cc1OC. The molecule has 0 spiro atoms. The van der Waals surface area contributed by atoms with E-state index in [4.69, 9.17) is 14.5 Å². The van der Waals surface area contributed by atoms with Crippen LogP contribution >= 0.6 is 0 Å². The molecule has 1 aromatic heterocycles. The van der Waals surface area contributed by atoms with Gasteiger partial charge in [0.05, 0.1) is 31.8 Å². The van der Waals surface area contributed by atoms with Crippen LogP contribution in [-0.2, 0) is 6.54 Å². The van der Waals surface area contributed by atoms with Crippen LogP contribution in [0, 0.1) is 0 Å². The van der Waals surface area contributed by atoms with Gasteiger partial charge in [-0.2, -0.15) is 0 Å². The van der Waals surface area contributed by atoms with Crippen molar-refractivity contribution in [2.24, 2.45) is 0 Å². The summed E-state index contributed by atoms with van der Waals surface area (Å²) in [5.74, 6) is 2.11. The summed E-state index contributed by atoms with van der Waals surface area (Å²) in [4.78, 5) is 10.2. The Kier molecular flexibility index (Phi) is 7.27. The predicted molar refractivity (Wildman–Crippen MR) is 145 cm³/mol. The highest BCUT2D eigenvalue weighted by Gasteiger charge is 2.34. The second-order valence-electron chi connectivity index (χ2n) is 11.1. The third-order valence-electron chi connectivity index (χ3n) is 8.81. The first-order valence-electron chi connectivity index (χ1n) is 14.0. The average molecular weight is 525 g/mol. The molecule has 38 heavy (non-hydrogen) atoms. The molecular formula is C30H38F2N4O2. The zero-order valence-electron chi connectivity index (χ0n) is 22.4. The first-order chi connectivity index (χ1) is 18.5. The molecule has 1 saturated carbocycles. The Labute approximate surface area is 223 Å². The summed E-state index contributed by atoms with van der Waals surface area (Å²) in [6.07, 6.45) is 5.11. The van der Waals surface area contributed by atoms with Crippen LogP contribution in [0.3, 0.4) is 0 Å². The van der Waals surface area contributed by atoms with Gasteiger partial charge in [-0.3, -0.25) is 0 Å². The maximum absolute atomic E-state index is 13.7. The number of rotatable bonds is 8. The van der Waals surface area contributed by atoms with E-state index in [-0.39, 0.29) is 0 Å². The van der Waals surface area contributed by atoms with Crippen molar-refractivity contribution < 1.29 is 18.3 Å². The van der Waals surface area contributed by atoms with Gasteiger partial charge in [0.25, 0.3) is 6.43 Å². The van der Waals surface area contributed by atoms with Crippen LogP contribution in [0.1, 0.15) is 50.0 Å². The van der Waals surface area contributed by atoms with E-state index >= 15 is 0 Å². The summed E-state index contributed by atoms with van der Waals surface area (Å²) >= 11 is 0. The fourth-order valence-corrected chi connectivity index (χ4v) is 6.57.